The molecule has 104 valence electrons. The lowest BCUT2D eigenvalue weighted by atomic mass is 10.1. The summed E-state index contributed by atoms with van der Waals surface area (Å²) in [4.78, 5) is 4.39. The molecule has 1 heterocycles. The molecule has 2 rings (SSSR count). The lowest BCUT2D eigenvalue weighted by Crippen LogP contribution is -2.08. The molecule has 0 aliphatic rings. The fourth-order valence-electron chi connectivity index (χ4n) is 2.36. The average Bonchev–Trinajstić information content (AvgIpc) is 2.74. The largest absolute Gasteiger partial charge is 0.324 e. The number of unbranched alkanes of at least 4 members (excludes halogenated alkanes) is 1. The van der Waals surface area contributed by atoms with Crippen LogP contribution in [0.4, 0.5) is 4.39 Å². The minimum Gasteiger partial charge on any atom is -0.324 e. The summed E-state index contributed by atoms with van der Waals surface area (Å²) in [6.45, 7) is 4.29. The number of aromatic nitrogens is 2. The first-order valence-electron chi connectivity index (χ1n) is 6.50. The molecule has 0 aliphatic heterocycles. The molecule has 2 aromatic rings. The highest BCUT2D eigenvalue weighted by Crippen LogP contribution is 2.29. The first kappa shape index (κ1) is 14.6. The van der Waals surface area contributed by atoms with Gasteiger partial charge in [0.25, 0.3) is 0 Å². The summed E-state index contributed by atoms with van der Waals surface area (Å²) >= 11 is 11.8. The van der Waals surface area contributed by atoms with Gasteiger partial charge in [-0.25, -0.2) is 9.37 Å². The van der Waals surface area contributed by atoms with E-state index in [9.17, 15) is 4.39 Å². The van der Waals surface area contributed by atoms with Crippen molar-refractivity contribution in [3.05, 3.63) is 28.8 Å². The van der Waals surface area contributed by atoms with Gasteiger partial charge in [0.05, 0.1) is 21.9 Å². The van der Waals surface area contributed by atoms with Gasteiger partial charge >= 0.3 is 0 Å². The van der Waals surface area contributed by atoms with E-state index < -0.39 is 5.82 Å². The van der Waals surface area contributed by atoms with E-state index in [0.29, 0.717) is 11.4 Å². The van der Waals surface area contributed by atoms with Crippen molar-refractivity contribution in [2.24, 2.45) is 0 Å². The molecular weight excluding hydrogens is 286 g/mol. The molecule has 0 amide bonds. The van der Waals surface area contributed by atoms with Crippen LogP contribution < -0.4 is 0 Å². The molecule has 0 aliphatic carbocycles. The van der Waals surface area contributed by atoms with Crippen molar-refractivity contribution < 1.29 is 4.39 Å². The Kier molecular flexibility index (Phi) is 4.69. The van der Waals surface area contributed by atoms with Gasteiger partial charge in [-0.05, 0) is 19.4 Å². The maximum absolute atomic E-state index is 13.5. The number of hydrogen-bond donors (Lipinski definition) is 0. The normalized spacial score (nSPS) is 13.1. The Morgan fingerprint density at radius 1 is 1.42 bits per heavy atom. The zero-order valence-electron chi connectivity index (χ0n) is 11.1. The van der Waals surface area contributed by atoms with Crippen LogP contribution in [0, 0.1) is 5.82 Å². The van der Waals surface area contributed by atoms with Crippen LogP contribution in [0.1, 0.15) is 45.0 Å². The predicted octanol–water partition coefficient (Wildman–Crippen LogP) is 5.32. The molecule has 1 aromatic heterocycles. The van der Waals surface area contributed by atoms with Gasteiger partial charge in [0.2, 0.25) is 0 Å². The highest BCUT2D eigenvalue weighted by atomic mass is 35.5. The monoisotopic (exact) mass is 302 g/mol. The van der Waals surface area contributed by atoms with Crippen LogP contribution in [0.2, 0.25) is 5.02 Å². The topological polar surface area (TPSA) is 17.8 Å². The molecule has 2 nitrogen and oxygen atoms in total. The van der Waals surface area contributed by atoms with Crippen LogP contribution in [0.25, 0.3) is 11.0 Å². The maximum Gasteiger partial charge on any atom is 0.144 e. The molecule has 1 aromatic carbocycles. The Hall–Kier alpha value is -0.800. The van der Waals surface area contributed by atoms with E-state index in [4.69, 9.17) is 23.2 Å². The number of alkyl halides is 1. The van der Waals surface area contributed by atoms with E-state index in [1.165, 1.54) is 6.07 Å². The number of hydrogen-bond acceptors (Lipinski definition) is 1. The SMILES string of the molecule is CCCCC(C)n1c(CCl)nc2cc(F)c(Cl)cc21. The Balaban J connectivity index is 2.53. The van der Waals surface area contributed by atoms with Gasteiger partial charge < -0.3 is 4.57 Å². The minimum absolute atomic E-state index is 0.123. The van der Waals surface area contributed by atoms with E-state index in [0.717, 1.165) is 30.6 Å². The average molecular weight is 303 g/mol. The molecule has 0 saturated carbocycles. The summed E-state index contributed by atoms with van der Waals surface area (Å²) < 4.78 is 15.6. The van der Waals surface area contributed by atoms with Crippen molar-refractivity contribution in [2.75, 3.05) is 0 Å². The lowest BCUT2D eigenvalue weighted by Gasteiger charge is -2.16. The fourth-order valence-corrected chi connectivity index (χ4v) is 2.70. The quantitative estimate of drug-likeness (QED) is 0.684. The van der Waals surface area contributed by atoms with Crippen LogP contribution in [0.15, 0.2) is 12.1 Å². The van der Waals surface area contributed by atoms with Crippen molar-refractivity contribution in [1.82, 2.24) is 9.55 Å². The molecule has 0 radical (unpaired) electrons. The molecule has 19 heavy (non-hydrogen) atoms. The van der Waals surface area contributed by atoms with E-state index in [1.54, 1.807) is 6.07 Å². The Morgan fingerprint density at radius 2 is 2.16 bits per heavy atom. The second-order valence-electron chi connectivity index (χ2n) is 4.78. The maximum atomic E-state index is 13.5. The van der Waals surface area contributed by atoms with E-state index in [1.807, 2.05) is 0 Å². The number of benzene rings is 1. The summed E-state index contributed by atoms with van der Waals surface area (Å²) in [5, 5.41) is 0.123. The van der Waals surface area contributed by atoms with Gasteiger partial charge in [0, 0.05) is 12.1 Å². The fraction of sp³-hybridized carbons (Fsp3) is 0.500. The van der Waals surface area contributed by atoms with Crippen LogP contribution in [-0.4, -0.2) is 9.55 Å². The molecule has 0 spiro atoms. The molecule has 1 unspecified atom stereocenters. The molecule has 0 fully saturated rings. The molecule has 0 bridgehead atoms. The van der Waals surface area contributed by atoms with E-state index >= 15 is 0 Å². The summed E-state index contributed by atoms with van der Waals surface area (Å²) in [5.74, 6) is 0.632. The van der Waals surface area contributed by atoms with Crippen molar-refractivity contribution in [3.63, 3.8) is 0 Å². The third-order valence-electron chi connectivity index (χ3n) is 3.34. The predicted molar refractivity (Wildman–Crippen MR) is 78.5 cm³/mol. The standard InChI is InChI=1S/C14H17Cl2FN2/c1-3-4-5-9(2)19-13-6-10(16)11(17)7-12(13)18-14(19)8-15/h6-7,9H,3-5,8H2,1-2H3. The van der Waals surface area contributed by atoms with Crippen LogP contribution in [0.3, 0.4) is 0 Å². The summed E-state index contributed by atoms with van der Waals surface area (Å²) in [6.07, 6.45) is 3.32. The van der Waals surface area contributed by atoms with E-state index in [2.05, 4.69) is 23.4 Å². The van der Waals surface area contributed by atoms with Gasteiger partial charge in [0.15, 0.2) is 0 Å². The van der Waals surface area contributed by atoms with Crippen molar-refractivity contribution in [2.45, 2.75) is 45.0 Å². The Bertz CT molecular complexity index is 580. The second-order valence-corrected chi connectivity index (χ2v) is 5.45. The van der Waals surface area contributed by atoms with Crippen molar-refractivity contribution >= 4 is 34.2 Å². The van der Waals surface area contributed by atoms with Crippen molar-refractivity contribution in [1.29, 1.82) is 0 Å². The van der Waals surface area contributed by atoms with Gasteiger partial charge in [-0.15, -0.1) is 11.6 Å². The molecule has 0 saturated heterocycles. The molecule has 5 heteroatoms. The van der Waals surface area contributed by atoms with Gasteiger partial charge in [-0.3, -0.25) is 0 Å². The number of rotatable bonds is 5. The number of fused-ring (bicyclic) bond motifs is 1. The van der Waals surface area contributed by atoms with Gasteiger partial charge in [0.1, 0.15) is 11.6 Å². The number of nitrogens with zero attached hydrogens (tertiary/aromatic N) is 2. The molecular formula is C14H17Cl2FN2. The van der Waals surface area contributed by atoms with Crippen LogP contribution in [0.5, 0.6) is 0 Å². The Morgan fingerprint density at radius 3 is 2.79 bits per heavy atom. The lowest BCUT2D eigenvalue weighted by molar-refractivity contribution is 0.485. The zero-order valence-corrected chi connectivity index (χ0v) is 12.6. The van der Waals surface area contributed by atoms with Crippen LogP contribution in [-0.2, 0) is 5.88 Å². The number of halogens is 3. The third-order valence-corrected chi connectivity index (χ3v) is 3.87. The van der Waals surface area contributed by atoms with Gasteiger partial charge in [-0.2, -0.15) is 0 Å². The van der Waals surface area contributed by atoms with E-state index in [-0.39, 0.29) is 11.1 Å². The summed E-state index contributed by atoms with van der Waals surface area (Å²) in [6, 6.07) is 3.29. The first-order valence-corrected chi connectivity index (χ1v) is 7.41. The smallest absolute Gasteiger partial charge is 0.144 e. The number of imidazole rings is 1. The summed E-state index contributed by atoms with van der Waals surface area (Å²) in [7, 11) is 0. The summed E-state index contributed by atoms with van der Waals surface area (Å²) in [5.41, 5.74) is 1.46. The van der Waals surface area contributed by atoms with Crippen LogP contribution >= 0.6 is 23.2 Å². The van der Waals surface area contributed by atoms with Gasteiger partial charge in [-0.1, -0.05) is 31.4 Å². The highest BCUT2D eigenvalue weighted by Gasteiger charge is 2.16. The Labute approximate surface area is 122 Å². The van der Waals surface area contributed by atoms with Crippen molar-refractivity contribution in [3.8, 4) is 0 Å². The minimum atomic E-state index is -0.443. The highest BCUT2D eigenvalue weighted by molar-refractivity contribution is 6.31. The second kappa shape index (κ2) is 6.10. The molecule has 0 N–H and O–H groups in total. The zero-order chi connectivity index (χ0) is 14.0. The molecule has 1 atom stereocenters. The third kappa shape index (κ3) is 2.87. The first-order chi connectivity index (χ1) is 9.08.